The zero-order valence-corrected chi connectivity index (χ0v) is 18.8. The van der Waals surface area contributed by atoms with Gasteiger partial charge < -0.3 is 10.2 Å². The molecule has 33 heavy (non-hydrogen) atoms. The highest BCUT2D eigenvalue weighted by Crippen LogP contribution is 2.29. The average Bonchev–Trinajstić information content (AvgIpc) is 3.20. The number of aryl methyl sites for hydroxylation is 1. The summed E-state index contributed by atoms with van der Waals surface area (Å²) in [6, 6.07) is 11.3. The smallest absolute Gasteiger partial charge is 0.204 e. The molecule has 2 N–H and O–H groups in total. The molecule has 1 aromatic heterocycles. The molecular formula is C26H20O6S. The lowest BCUT2D eigenvalue weighted by Gasteiger charge is -2.24. The normalized spacial score (nSPS) is 13.5. The summed E-state index contributed by atoms with van der Waals surface area (Å²) in [7, 11) is 0. The van der Waals surface area contributed by atoms with Gasteiger partial charge in [0.25, 0.3) is 0 Å². The summed E-state index contributed by atoms with van der Waals surface area (Å²) < 4.78 is 0.254. The van der Waals surface area contributed by atoms with E-state index in [1.54, 1.807) is 42.5 Å². The highest BCUT2D eigenvalue weighted by atomic mass is 32.1. The molecule has 4 aromatic carbocycles. The van der Waals surface area contributed by atoms with Crippen molar-refractivity contribution in [3.8, 4) is 0 Å². The summed E-state index contributed by atoms with van der Waals surface area (Å²) in [5.74, 6) is 0. The molecule has 0 saturated carbocycles. The molecule has 0 radical (unpaired) electrons. The van der Waals surface area contributed by atoms with Crippen LogP contribution >= 0.6 is 11.3 Å². The first kappa shape index (κ1) is 21.6. The Morgan fingerprint density at radius 2 is 1.30 bits per heavy atom. The zero-order valence-electron chi connectivity index (χ0n) is 18.0. The third-order valence-electron chi connectivity index (χ3n) is 6.29. The second-order valence-electron chi connectivity index (χ2n) is 8.96. The van der Waals surface area contributed by atoms with Crippen molar-refractivity contribution in [1.82, 2.24) is 0 Å². The molecule has 0 aliphatic heterocycles. The Hall–Kier alpha value is -3.26. The van der Waals surface area contributed by atoms with Crippen molar-refractivity contribution in [2.24, 2.45) is 0 Å². The topological polar surface area (TPSA) is 109 Å². The van der Waals surface area contributed by atoms with Crippen LogP contribution in [0.2, 0.25) is 0 Å². The second kappa shape index (κ2) is 7.38. The maximum atomic E-state index is 13.5. The molecule has 1 unspecified atom stereocenters. The lowest BCUT2D eigenvalue weighted by Crippen LogP contribution is -2.36. The Bertz CT molecular complexity index is 1800. The Balaban J connectivity index is 1.81. The van der Waals surface area contributed by atoms with E-state index in [-0.39, 0.29) is 59.0 Å². The van der Waals surface area contributed by atoms with Gasteiger partial charge in [-0.1, -0.05) is 30.3 Å². The van der Waals surface area contributed by atoms with E-state index in [1.807, 2.05) is 0 Å². The quantitative estimate of drug-likeness (QED) is 0.427. The van der Waals surface area contributed by atoms with Crippen molar-refractivity contribution in [1.29, 1.82) is 0 Å². The molecule has 6 nitrogen and oxygen atoms in total. The van der Waals surface area contributed by atoms with Crippen LogP contribution in [0.3, 0.4) is 0 Å². The molecule has 5 aromatic rings. The first-order valence-corrected chi connectivity index (χ1v) is 11.4. The number of rotatable bonds is 4. The van der Waals surface area contributed by atoms with Crippen LogP contribution in [0, 0.1) is 0 Å². The van der Waals surface area contributed by atoms with Crippen molar-refractivity contribution in [2.45, 2.75) is 38.4 Å². The number of fused-ring (bicyclic) bond motifs is 5. The summed E-state index contributed by atoms with van der Waals surface area (Å²) in [5.41, 5.74) is -2.15. The fourth-order valence-electron chi connectivity index (χ4n) is 4.37. The molecule has 166 valence electrons. The van der Waals surface area contributed by atoms with Crippen LogP contribution in [-0.4, -0.2) is 21.9 Å². The monoisotopic (exact) mass is 460 g/mol. The van der Waals surface area contributed by atoms with Crippen molar-refractivity contribution in [3.63, 3.8) is 0 Å². The van der Waals surface area contributed by atoms with Crippen molar-refractivity contribution in [2.75, 3.05) is 0 Å². The average molecular weight is 461 g/mol. The highest BCUT2D eigenvalue weighted by Gasteiger charge is 2.25. The number of hydrogen-bond acceptors (Lipinski definition) is 7. The maximum absolute atomic E-state index is 13.5. The number of benzene rings is 4. The molecule has 5 rings (SSSR count). The first-order valence-electron chi connectivity index (χ1n) is 10.6. The first-order chi connectivity index (χ1) is 15.6. The summed E-state index contributed by atoms with van der Waals surface area (Å²) >= 11 is 0.908. The van der Waals surface area contributed by atoms with E-state index in [0.717, 1.165) is 16.9 Å². The van der Waals surface area contributed by atoms with E-state index in [4.69, 9.17) is 0 Å². The van der Waals surface area contributed by atoms with Crippen LogP contribution < -0.4 is 21.7 Å². The fraction of sp³-hybridized carbons (Fsp3) is 0.231. The lowest BCUT2D eigenvalue weighted by atomic mass is 9.94. The lowest BCUT2D eigenvalue weighted by molar-refractivity contribution is -0.0509. The van der Waals surface area contributed by atoms with E-state index in [2.05, 4.69) is 0 Å². The number of aliphatic hydroxyl groups is 2. The number of thiophene rings is 1. The predicted molar refractivity (Wildman–Crippen MR) is 132 cm³/mol. The molecule has 0 saturated heterocycles. The van der Waals surface area contributed by atoms with Crippen molar-refractivity contribution in [3.05, 3.63) is 88.9 Å². The van der Waals surface area contributed by atoms with Gasteiger partial charge >= 0.3 is 0 Å². The number of hydrogen-bond donors (Lipinski definition) is 2. The minimum atomic E-state index is -1.26. The molecule has 1 heterocycles. The molecule has 0 bridgehead atoms. The fourth-order valence-corrected chi connectivity index (χ4v) is 5.57. The largest absolute Gasteiger partial charge is 0.390 e. The van der Waals surface area contributed by atoms with Crippen LogP contribution in [0.4, 0.5) is 0 Å². The van der Waals surface area contributed by atoms with E-state index >= 15 is 0 Å². The molecule has 0 amide bonds. The van der Waals surface area contributed by atoms with Gasteiger partial charge in [-0.25, -0.2) is 0 Å². The van der Waals surface area contributed by atoms with Gasteiger partial charge in [-0.15, -0.1) is 11.3 Å². The van der Waals surface area contributed by atoms with Crippen LogP contribution in [0.1, 0.15) is 25.8 Å². The van der Waals surface area contributed by atoms with E-state index in [1.165, 1.54) is 13.8 Å². The Morgan fingerprint density at radius 1 is 0.788 bits per heavy atom. The number of aliphatic hydroxyl groups excluding tert-OH is 1. The predicted octanol–water partition coefficient (Wildman–Crippen LogP) is 2.74. The maximum Gasteiger partial charge on any atom is 0.204 e. The summed E-state index contributed by atoms with van der Waals surface area (Å²) in [4.78, 5) is 53.0. The van der Waals surface area contributed by atoms with Gasteiger partial charge in [-0.3, -0.25) is 19.2 Å². The molecule has 0 aliphatic rings. The van der Waals surface area contributed by atoms with Gasteiger partial charge in [0.1, 0.15) is 0 Å². The zero-order chi connectivity index (χ0) is 23.7. The molecule has 0 fully saturated rings. The van der Waals surface area contributed by atoms with E-state index in [0.29, 0.717) is 6.42 Å². The SMILES string of the molecule is CC(C)(O)C(O)CCc1ccc2c(=O)c3sc4c(=O)c5ccccc5c(=O)c4c3c(=O)c2c1. The third kappa shape index (κ3) is 3.23. The highest BCUT2D eigenvalue weighted by molar-refractivity contribution is 7.25. The van der Waals surface area contributed by atoms with Gasteiger partial charge in [-0.05, 0) is 44.4 Å². The third-order valence-corrected chi connectivity index (χ3v) is 7.47. The summed E-state index contributed by atoms with van der Waals surface area (Å²) in [6.45, 7) is 3.04. The van der Waals surface area contributed by atoms with Crippen molar-refractivity contribution < 1.29 is 10.2 Å². The second-order valence-corrected chi connectivity index (χ2v) is 9.98. The molecule has 0 spiro atoms. The van der Waals surface area contributed by atoms with Gasteiger partial charge in [0, 0.05) is 21.5 Å². The van der Waals surface area contributed by atoms with Crippen LogP contribution in [0.5, 0.6) is 0 Å². The minimum absolute atomic E-state index is 0.00836. The summed E-state index contributed by atoms with van der Waals surface area (Å²) in [5, 5.41) is 21.0. The molecular weight excluding hydrogens is 440 g/mol. The Kier molecular flexibility index (Phi) is 4.83. The molecule has 7 heteroatoms. The Morgan fingerprint density at radius 3 is 1.88 bits per heavy atom. The van der Waals surface area contributed by atoms with Crippen molar-refractivity contribution >= 4 is 53.1 Å². The molecule has 1 atom stereocenters. The van der Waals surface area contributed by atoms with E-state index in [9.17, 15) is 29.4 Å². The standard InChI is InChI=1S/C26H20O6S/c1-26(2,32)17(27)10-8-12-7-9-15-16(11-12)21(29)19-18-20(28)13-5-3-4-6-14(13)22(30)24(18)33-25(19)23(15)31/h3-7,9,11,17,27,32H,8,10H2,1-2H3. The van der Waals surface area contributed by atoms with E-state index < -0.39 is 22.6 Å². The van der Waals surface area contributed by atoms with Gasteiger partial charge in [0.05, 0.1) is 31.9 Å². The van der Waals surface area contributed by atoms with Crippen LogP contribution in [-0.2, 0) is 6.42 Å². The van der Waals surface area contributed by atoms with Gasteiger partial charge in [0.15, 0.2) is 10.9 Å². The van der Waals surface area contributed by atoms with Crippen LogP contribution in [0.25, 0.3) is 41.7 Å². The Labute approximate surface area is 190 Å². The molecule has 0 aliphatic carbocycles. The van der Waals surface area contributed by atoms with Gasteiger partial charge in [-0.2, -0.15) is 0 Å². The summed E-state index contributed by atoms with van der Waals surface area (Å²) in [6.07, 6.45) is -0.294. The van der Waals surface area contributed by atoms with Gasteiger partial charge in [0.2, 0.25) is 10.9 Å². The van der Waals surface area contributed by atoms with Crippen LogP contribution in [0.15, 0.2) is 61.6 Å². The minimum Gasteiger partial charge on any atom is -0.390 e.